The quantitative estimate of drug-likeness (QED) is 0.191. The van der Waals surface area contributed by atoms with Gasteiger partial charge in [-0.1, -0.05) is 84.5 Å². The van der Waals surface area contributed by atoms with Gasteiger partial charge in [-0.3, -0.25) is 4.79 Å². The first-order valence-electron chi connectivity index (χ1n) is 12.2. The molecule has 0 saturated heterocycles. The lowest BCUT2D eigenvalue weighted by molar-refractivity contribution is -0.153. The topological polar surface area (TPSA) is 59.0 Å². The van der Waals surface area contributed by atoms with Crippen LogP contribution in [-0.2, 0) is 14.3 Å². The van der Waals surface area contributed by atoms with E-state index in [0.29, 0.717) is 26.1 Å². The lowest BCUT2D eigenvalue weighted by atomic mass is 10.1. The average Bonchev–Trinajstić information content (AvgIpc) is 2.69. The van der Waals surface area contributed by atoms with E-state index in [1.165, 1.54) is 57.8 Å². The molecule has 0 rings (SSSR count). The van der Waals surface area contributed by atoms with Crippen LogP contribution in [0.15, 0.2) is 0 Å². The Morgan fingerprint density at radius 3 is 2.00 bits per heavy atom. The minimum absolute atomic E-state index is 0.104. The molecule has 5 heteroatoms. The van der Waals surface area contributed by atoms with Crippen LogP contribution >= 0.6 is 0 Å². The number of aliphatic hydroxyl groups is 1. The maximum absolute atomic E-state index is 12.0. The second kappa shape index (κ2) is 22.0. The molecule has 1 N–H and O–H groups in total. The molecular formula is C24H49NO4. The van der Waals surface area contributed by atoms with Gasteiger partial charge in [-0.2, -0.15) is 0 Å². The molecule has 0 radical (unpaired) electrons. The molecule has 1 unspecified atom stereocenters. The van der Waals surface area contributed by atoms with Crippen molar-refractivity contribution >= 4 is 5.97 Å². The predicted octanol–water partition coefficient (Wildman–Crippen LogP) is 5.34. The van der Waals surface area contributed by atoms with Crippen LogP contribution in [0, 0.1) is 0 Å². The first-order chi connectivity index (χ1) is 14.1. The van der Waals surface area contributed by atoms with Crippen LogP contribution in [0.4, 0.5) is 0 Å². The van der Waals surface area contributed by atoms with Crippen molar-refractivity contribution in [3.63, 3.8) is 0 Å². The van der Waals surface area contributed by atoms with Gasteiger partial charge in [0.1, 0.15) is 6.10 Å². The predicted molar refractivity (Wildman–Crippen MR) is 121 cm³/mol. The Hall–Kier alpha value is -0.650. The van der Waals surface area contributed by atoms with Gasteiger partial charge in [-0.15, -0.1) is 0 Å². The third-order valence-corrected chi connectivity index (χ3v) is 5.23. The van der Waals surface area contributed by atoms with Gasteiger partial charge in [0.05, 0.1) is 13.2 Å². The minimum atomic E-state index is -0.260. The average molecular weight is 416 g/mol. The third-order valence-electron chi connectivity index (χ3n) is 5.23. The zero-order valence-electron chi connectivity index (χ0n) is 19.6. The summed E-state index contributed by atoms with van der Waals surface area (Å²) in [6.45, 7) is 6.82. The zero-order valence-corrected chi connectivity index (χ0v) is 19.6. The summed E-state index contributed by atoms with van der Waals surface area (Å²) in [4.78, 5) is 14.0. The fraction of sp³-hybridized carbons (Fsp3) is 0.958. The van der Waals surface area contributed by atoms with Gasteiger partial charge in [-0.05, 0) is 19.9 Å². The zero-order chi connectivity index (χ0) is 21.6. The molecule has 0 bridgehead atoms. The number of aliphatic hydroxyl groups excluding tert-OH is 1. The molecule has 0 fully saturated rings. The summed E-state index contributed by atoms with van der Waals surface area (Å²) in [6, 6.07) is 0. The summed E-state index contributed by atoms with van der Waals surface area (Å²) >= 11 is 0. The molecule has 174 valence electrons. The van der Waals surface area contributed by atoms with Crippen molar-refractivity contribution < 1.29 is 19.4 Å². The maximum Gasteiger partial charge on any atom is 0.306 e. The van der Waals surface area contributed by atoms with Crippen molar-refractivity contribution in [3.8, 4) is 0 Å². The summed E-state index contributed by atoms with van der Waals surface area (Å²) in [7, 11) is 1.93. The van der Waals surface area contributed by atoms with Gasteiger partial charge in [0, 0.05) is 26.1 Å². The van der Waals surface area contributed by atoms with Crippen LogP contribution in [0.25, 0.3) is 0 Å². The molecule has 0 aliphatic rings. The second-order valence-corrected chi connectivity index (χ2v) is 8.31. The number of carbonyl (C=O) groups is 1. The molecule has 0 aromatic heterocycles. The van der Waals surface area contributed by atoms with Crippen molar-refractivity contribution in [2.75, 3.05) is 40.0 Å². The third kappa shape index (κ3) is 20.4. The van der Waals surface area contributed by atoms with E-state index in [1.54, 1.807) is 0 Å². The van der Waals surface area contributed by atoms with Crippen molar-refractivity contribution in [1.29, 1.82) is 0 Å². The lowest BCUT2D eigenvalue weighted by Crippen LogP contribution is -2.37. The number of ether oxygens (including phenoxy) is 2. The number of hydrogen-bond acceptors (Lipinski definition) is 5. The van der Waals surface area contributed by atoms with Gasteiger partial charge >= 0.3 is 5.97 Å². The van der Waals surface area contributed by atoms with Gasteiger partial charge in [0.15, 0.2) is 0 Å². The van der Waals surface area contributed by atoms with Gasteiger partial charge in [0.25, 0.3) is 0 Å². The Labute approximate surface area is 180 Å². The SMILES string of the molecule is CCCCCCCCCCCCOCC(CN(C)CCO)OC(=O)CCCCC. The fourth-order valence-electron chi connectivity index (χ4n) is 3.40. The van der Waals surface area contributed by atoms with Crippen molar-refractivity contribution in [3.05, 3.63) is 0 Å². The minimum Gasteiger partial charge on any atom is -0.459 e. The van der Waals surface area contributed by atoms with Gasteiger partial charge < -0.3 is 19.5 Å². The monoisotopic (exact) mass is 415 g/mol. The standard InChI is InChI=1S/C24H49NO4/c1-4-6-8-9-10-11-12-13-14-16-20-28-22-23(21-25(3)18-19-26)29-24(27)17-15-7-5-2/h23,26H,4-22H2,1-3H3. The largest absolute Gasteiger partial charge is 0.459 e. The van der Waals surface area contributed by atoms with E-state index >= 15 is 0 Å². The number of carbonyl (C=O) groups excluding carboxylic acids is 1. The second-order valence-electron chi connectivity index (χ2n) is 8.31. The molecule has 0 spiro atoms. The van der Waals surface area contributed by atoms with E-state index in [0.717, 1.165) is 32.3 Å². The number of unbranched alkanes of at least 4 members (excludes halogenated alkanes) is 11. The summed E-state index contributed by atoms with van der Waals surface area (Å²) in [6.07, 6.45) is 16.4. The van der Waals surface area contributed by atoms with Crippen LogP contribution < -0.4 is 0 Å². The van der Waals surface area contributed by atoms with Crippen LogP contribution in [0.3, 0.4) is 0 Å². The van der Waals surface area contributed by atoms with E-state index in [4.69, 9.17) is 14.6 Å². The van der Waals surface area contributed by atoms with Crippen molar-refractivity contribution in [1.82, 2.24) is 4.90 Å². The number of esters is 1. The van der Waals surface area contributed by atoms with Crippen LogP contribution in [-0.4, -0.2) is 62.0 Å². The molecular weight excluding hydrogens is 366 g/mol. The van der Waals surface area contributed by atoms with Crippen molar-refractivity contribution in [2.24, 2.45) is 0 Å². The van der Waals surface area contributed by atoms with E-state index < -0.39 is 0 Å². The Kier molecular flexibility index (Phi) is 21.6. The van der Waals surface area contributed by atoms with Crippen LogP contribution in [0.2, 0.25) is 0 Å². The maximum atomic E-state index is 12.0. The molecule has 0 saturated carbocycles. The Balaban J connectivity index is 3.85. The normalized spacial score (nSPS) is 12.4. The van der Waals surface area contributed by atoms with Crippen LogP contribution in [0.1, 0.15) is 104 Å². The molecule has 1 atom stereocenters. The van der Waals surface area contributed by atoms with Gasteiger partial charge in [0.2, 0.25) is 0 Å². The van der Waals surface area contributed by atoms with E-state index in [-0.39, 0.29) is 18.7 Å². The Bertz CT molecular complexity index is 352. The molecule has 0 aliphatic heterocycles. The van der Waals surface area contributed by atoms with Crippen molar-refractivity contribution in [2.45, 2.75) is 110 Å². The lowest BCUT2D eigenvalue weighted by Gasteiger charge is -2.23. The van der Waals surface area contributed by atoms with E-state index in [1.807, 2.05) is 11.9 Å². The highest BCUT2D eigenvalue weighted by Crippen LogP contribution is 2.11. The molecule has 0 heterocycles. The fourth-order valence-corrected chi connectivity index (χ4v) is 3.40. The molecule has 0 amide bonds. The summed E-state index contributed by atoms with van der Waals surface area (Å²) < 4.78 is 11.4. The Morgan fingerprint density at radius 1 is 0.862 bits per heavy atom. The summed E-state index contributed by atoms with van der Waals surface area (Å²) in [5, 5.41) is 9.08. The molecule has 29 heavy (non-hydrogen) atoms. The molecule has 0 aromatic carbocycles. The molecule has 5 nitrogen and oxygen atoms in total. The molecule has 0 aliphatic carbocycles. The highest BCUT2D eigenvalue weighted by Gasteiger charge is 2.17. The highest BCUT2D eigenvalue weighted by molar-refractivity contribution is 5.69. The van der Waals surface area contributed by atoms with E-state index in [9.17, 15) is 4.79 Å². The number of likely N-dealkylation sites (N-methyl/N-ethyl adjacent to an activating group) is 1. The van der Waals surface area contributed by atoms with Crippen LogP contribution in [0.5, 0.6) is 0 Å². The Morgan fingerprint density at radius 2 is 1.41 bits per heavy atom. The van der Waals surface area contributed by atoms with E-state index in [2.05, 4.69) is 13.8 Å². The highest BCUT2D eigenvalue weighted by atomic mass is 16.6. The smallest absolute Gasteiger partial charge is 0.306 e. The van der Waals surface area contributed by atoms with Gasteiger partial charge in [-0.25, -0.2) is 0 Å². The number of nitrogens with zero attached hydrogens (tertiary/aromatic N) is 1. The summed E-state index contributed by atoms with van der Waals surface area (Å²) in [5.41, 5.74) is 0. The number of hydrogen-bond donors (Lipinski definition) is 1. The first kappa shape index (κ1) is 28.4. The molecule has 0 aromatic rings. The number of rotatable bonds is 22. The first-order valence-corrected chi connectivity index (χ1v) is 12.2. The summed E-state index contributed by atoms with van der Waals surface area (Å²) in [5.74, 6) is -0.136.